The molecule has 2 N–H and O–H groups in total. The summed E-state index contributed by atoms with van der Waals surface area (Å²) < 4.78 is 5.12. The molecule has 0 bridgehead atoms. The number of carboxylic acid groups (broad SMARTS) is 1. The number of amides is 1. The SMILES string of the molecule is COc1ccc(-c2cc(C(=O)N3CCC(C(=O)O)C3C)[nH]n2)cc1. The number of carbonyl (C=O) groups is 2. The summed E-state index contributed by atoms with van der Waals surface area (Å²) in [5, 5.41) is 16.1. The summed E-state index contributed by atoms with van der Waals surface area (Å²) in [5.41, 5.74) is 1.88. The van der Waals surface area contributed by atoms with Crippen molar-refractivity contribution in [1.82, 2.24) is 15.1 Å². The summed E-state index contributed by atoms with van der Waals surface area (Å²) in [4.78, 5) is 25.4. The van der Waals surface area contributed by atoms with Gasteiger partial charge in [-0.3, -0.25) is 14.7 Å². The largest absolute Gasteiger partial charge is 0.497 e. The van der Waals surface area contributed by atoms with Crippen LogP contribution in [0, 0.1) is 5.92 Å². The number of nitrogens with zero attached hydrogens (tertiary/aromatic N) is 2. The lowest BCUT2D eigenvalue weighted by Crippen LogP contribution is -2.37. The van der Waals surface area contributed by atoms with E-state index >= 15 is 0 Å². The Balaban J connectivity index is 1.77. The predicted octanol–water partition coefficient (Wildman–Crippen LogP) is 2.02. The van der Waals surface area contributed by atoms with Crippen LogP contribution in [0.2, 0.25) is 0 Å². The normalized spacial score (nSPS) is 20.2. The summed E-state index contributed by atoms with van der Waals surface area (Å²) in [5.74, 6) is -0.853. The van der Waals surface area contributed by atoms with Crippen LogP contribution < -0.4 is 4.74 Å². The number of hydrogen-bond acceptors (Lipinski definition) is 4. The minimum atomic E-state index is -0.860. The Morgan fingerprint density at radius 1 is 1.33 bits per heavy atom. The molecule has 7 nitrogen and oxygen atoms in total. The number of carboxylic acids is 1. The van der Waals surface area contributed by atoms with Crippen LogP contribution in [0.5, 0.6) is 5.75 Å². The lowest BCUT2D eigenvalue weighted by Gasteiger charge is -2.22. The first kappa shape index (κ1) is 16.0. The van der Waals surface area contributed by atoms with Crippen molar-refractivity contribution in [2.24, 2.45) is 5.92 Å². The van der Waals surface area contributed by atoms with Gasteiger partial charge in [0.15, 0.2) is 0 Å². The van der Waals surface area contributed by atoms with Gasteiger partial charge in [0, 0.05) is 18.2 Å². The lowest BCUT2D eigenvalue weighted by atomic mass is 10.0. The van der Waals surface area contributed by atoms with E-state index < -0.39 is 11.9 Å². The highest BCUT2D eigenvalue weighted by molar-refractivity contribution is 5.94. The molecule has 2 atom stereocenters. The zero-order valence-electron chi connectivity index (χ0n) is 13.5. The molecule has 2 unspecified atom stereocenters. The van der Waals surface area contributed by atoms with E-state index in [2.05, 4.69) is 10.2 Å². The molecule has 1 aromatic carbocycles. The number of likely N-dealkylation sites (tertiary alicyclic amines) is 1. The number of H-pyrrole nitrogens is 1. The van der Waals surface area contributed by atoms with E-state index in [9.17, 15) is 14.7 Å². The molecular weight excluding hydrogens is 310 g/mol. The minimum Gasteiger partial charge on any atom is -0.497 e. The maximum absolute atomic E-state index is 12.6. The predicted molar refractivity (Wildman–Crippen MR) is 86.8 cm³/mol. The number of aromatic nitrogens is 2. The van der Waals surface area contributed by atoms with Crippen LogP contribution in [0.4, 0.5) is 0 Å². The molecule has 0 spiro atoms. The average molecular weight is 329 g/mol. The molecule has 0 aliphatic carbocycles. The Labute approximate surface area is 139 Å². The van der Waals surface area contributed by atoms with Gasteiger partial charge in [0.05, 0.1) is 18.7 Å². The minimum absolute atomic E-state index is 0.224. The van der Waals surface area contributed by atoms with Gasteiger partial charge in [-0.15, -0.1) is 0 Å². The average Bonchev–Trinajstić information content (AvgIpc) is 3.21. The fourth-order valence-electron chi connectivity index (χ4n) is 3.05. The van der Waals surface area contributed by atoms with Gasteiger partial charge in [0.1, 0.15) is 11.4 Å². The van der Waals surface area contributed by atoms with E-state index in [0.717, 1.165) is 11.3 Å². The second-order valence-corrected chi connectivity index (χ2v) is 5.87. The number of benzene rings is 1. The molecule has 1 saturated heterocycles. The van der Waals surface area contributed by atoms with E-state index in [4.69, 9.17) is 4.74 Å². The Bertz CT molecular complexity index is 753. The van der Waals surface area contributed by atoms with Crippen molar-refractivity contribution >= 4 is 11.9 Å². The molecule has 1 aliphatic rings. The highest BCUT2D eigenvalue weighted by Gasteiger charge is 2.38. The molecule has 126 valence electrons. The molecule has 1 aliphatic heterocycles. The molecule has 2 heterocycles. The maximum atomic E-state index is 12.6. The molecule has 0 radical (unpaired) electrons. The van der Waals surface area contributed by atoms with Gasteiger partial charge in [0.2, 0.25) is 0 Å². The van der Waals surface area contributed by atoms with Gasteiger partial charge in [-0.1, -0.05) is 0 Å². The van der Waals surface area contributed by atoms with E-state index in [1.165, 1.54) is 0 Å². The third kappa shape index (κ3) is 2.84. The molecule has 7 heteroatoms. The summed E-state index contributed by atoms with van der Waals surface area (Å²) in [6.07, 6.45) is 0.474. The van der Waals surface area contributed by atoms with Gasteiger partial charge >= 0.3 is 5.97 Å². The van der Waals surface area contributed by atoms with E-state index in [0.29, 0.717) is 24.4 Å². The summed E-state index contributed by atoms with van der Waals surface area (Å²) in [7, 11) is 1.60. The summed E-state index contributed by atoms with van der Waals surface area (Å²) >= 11 is 0. The molecule has 24 heavy (non-hydrogen) atoms. The second-order valence-electron chi connectivity index (χ2n) is 5.87. The van der Waals surface area contributed by atoms with Crippen molar-refractivity contribution < 1.29 is 19.4 Å². The van der Waals surface area contributed by atoms with E-state index in [1.54, 1.807) is 25.0 Å². The number of hydrogen-bond donors (Lipinski definition) is 2. The molecule has 1 aromatic heterocycles. The lowest BCUT2D eigenvalue weighted by molar-refractivity contribution is -0.142. The number of methoxy groups -OCH3 is 1. The van der Waals surface area contributed by atoms with Crippen LogP contribution in [0.1, 0.15) is 23.8 Å². The summed E-state index contributed by atoms with van der Waals surface area (Å²) in [6.45, 7) is 2.21. The van der Waals surface area contributed by atoms with E-state index in [1.807, 2.05) is 24.3 Å². The highest BCUT2D eigenvalue weighted by Crippen LogP contribution is 2.27. The Morgan fingerprint density at radius 3 is 2.62 bits per heavy atom. The van der Waals surface area contributed by atoms with Crippen molar-refractivity contribution in [3.8, 4) is 17.0 Å². The number of aliphatic carboxylic acids is 1. The van der Waals surface area contributed by atoms with Crippen LogP contribution in [-0.2, 0) is 4.79 Å². The number of rotatable bonds is 4. The molecule has 1 amide bonds. The van der Waals surface area contributed by atoms with Crippen LogP contribution in [0.25, 0.3) is 11.3 Å². The van der Waals surface area contributed by atoms with Crippen LogP contribution in [0.15, 0.2) is 30.3 Å². The third-order valence-corrected chi connectivity index (χ3v) is 4.53. The highest BCUT2D eigenvalue weighted by atomic mass is 16.5. The molecule has 0 saturated carbocycles. The zero-order chi connectivity index (χ0) is 17.3. The molecule has 1 fully saturated rings. The first-order valence-electron chi connectivity index (χ1n) is 7.75. The first-order chi connectivity index (χ1) is 11.5. The molecule has 3 rings (SSSR count). The van der Waals surface area contributed by atoms with Gasteiger partial charge in [-0.25, -0.2) is 0 Å². The first-order valence-corrected chi connectivity index (χ1v) is 7.75. The van der Waals surface area contributed by atoms with Crippen molar-refractivity contribution in [1.29, 1.82) is 0 Å². The van der Waals surface area contributed by atoms with Crippen molar-refractivity contribution in [3.63, 3.8) is 0 Å². The number of carbonyl (C=O) groups excluding carboxylic acids is 1. The second kappa shape index (κ2) is 6.35. The van der Waals surface area contributed by atoms with Crippen molar-refractivity contribution in [2.45, 2.75) is 19.4 Å². The van der Waals surface area contributed by atoms with Crippen LogP contribution >= 0.6 is 0 Å². The summed E-state index contributed by atoms with van der Waals surface area (Å²) in [6, 6.07) is 8.73. The molecule has 2 aromatic rings. The Morgan fingerprint density at radius 2 is 2.04 bits per heavy atom. The van der Waals surface area contributed by atoms with Gasteiger partial charge in [-0.2, -0.15) is 5.10 Å². The Kier molecular flexibility index (Phi) is 4.24. The fourth-order valence-corrected chi connectivity index (χ4v) is 3.05. The zero-order valence-corrected chi connectivity index (χ0v) is 13.5. The quantitative estimate of drug-likeness (QED) is 0.895. The smallest absolute Gasteiger partial charge is 0.308 e. The maximum Gasteiger partial charge on any atom is 0.308 e. The molecular formula is C17H19N3O4. The number of nitrogens with one attached hydrogen (secondary N) is 1. The van der Waals surface area contributed by atoms with Gasteiger partial charge in [-0.05, 0) is 43.7 Å². The van der Waals surface area contributed by atoms with Crippen LogP contribution in [-0.4, -0.2) is 51.8 Å². The van der Waals surface area contributed by atoms with Crippen molar-refractivity contribution in [3.05, 3.63) is 36.0 Å². The van der Waals surface area contributed by atoms with Gasteiger partial charge in [0.25, 0.3) is 5.91 Å². The fraction of sp³-hybridized carbons (Fsp3) is 0.353. The van der Waals surface area contributed by atoms with Crippen LogP contribution in [0.3, 0.4) is 0 Å². The number of aromatic amines is 1. The number of ether oxygens (including phenoxy) is 1. The Hall–Kier alpha value is -2.83. The van der Waals surface area contributed by atoms with Gasteiger partial charge < -0.3 is 14.7 Å². The standard InChI is InChI=1S/C17H19N3O4/c1-10-13(17(22)23)7-8-20(10)16(21)15-9-14(18-19-15)11-3-5-12(24-2)6-4-11/h3-6,9-10,13H,7-8H2,1-2H3,(H,18,19)(H,22,23). The monoisotopic (exact) mass is 329 g/mol. The topological polar surface area (TPSA) is 95.5 Å². The van der Waals surface area contributed by atoms with Crippen molar-refractivity contribution in [2.75, 3.05) is 13.7 Å². The third-order valence-electron chi connectivity index (χ3n) is 4.53. The van der Waals surface area contributed by atoms with E-state index in [-0.39, 0.29) is 11.9 Å².